The Morgan fingerprint density at radius 3 is 2.31 bits per heavy atom. The van der Waals surface area contributed by atoms with Gasteiger partial charge in [0.2, 0.25) is 0 Å². The Morgan fingerprint density at radius 2 is 1.77 bits per heavy atom. The summed E-state index contributed by atoms with van der Waals surface area (Å²) < 4.78 is 5.23. The fourth-order valence-electron chi connectivity index (χ4n) is 1.10. The lowest BCUT2D eigenvalue weighted by Gasteiger charge is -2.24. The van der Waals surface area contributed by atoms with Crippen molar-refractivity contribution in [3.63, 3.8) is 0 Å². The van der Waals surface area contributed by atoms with Gasteiger partial charge in [-0.2, -0.15) is 5.10 Å². The van der Waals surface area contributed by atoms with Gasteiger partial charge in [-0.3, -0.25) is 10.0 Å². The summed E-state index contributed by atoms with van der Waals surface area (Å²) in [5, 5.41) is 6.48. The Balaban J connectivity index is 2.52. The molecule has 74 valence electrons. The Kier molecular flexibility index (Phi) is 3.89. The third kappa shape index (κ3) is 3.14. The fourth-order valence-corrected chi connectivity index (χ4v) is 1.10. The van der Waals surface area contributed by atoms with Gasteiger partial charge in [0, 0.05) is 7.05 Å². The molecule has 0 atom stereocenters. The maximum Gasteiger partial charge on any atom is 0.0781 e. The van der Waals surface area contributed by atoms with Crippen LogP contribution in [0.15, 0.2) is 10.1 Å². The summed E-state index contributed by atoms with van der Waals surface area (Å²) in [7, 11) is 1.79. The zero-order chi connectivity index (χ0) is 9.68. The van der Waals surface area contributed by atoms with Gasteiger partial charge < -0.3 is 4.74 Å². The van der Waals surface area contributed by atoms with Crippen LogP contribution >= 0.6 is 0 Å². The third-order valence-corrected chi connectivity index (χ3v) is 2.14. The van der Waals surface area contributed by atoms with Crippen molar-refractivity contribution in [2.75, 3.05) is 33.4 Å². The number of hydrogen-bond acceptors (Lipinski definition) is 4. The van der Waals surface area contributed by atoms with Crippen molar-refractivity contribution in [1.82, 2.24) is 5.01 Å². The minimum Gasteiger partial charge on any atom is -0.378 e. The SMILES string of the molecule is CN=C(C)/C(C)=N/N1CCOCC1. The summed E-state index contributed by atoms with van der Waals surface area (Å²) in [4.78, 5) is 4.08. The van der Waals surface area contributed by atoms with Crippen LogP contribution in [0.25, 0.3) is 0 Å². The minimum absolute atomic E-state index is 0.777. The summed E-state index contributed by atoms with van der Waals surface area (Å²) >= 11 is 0. The first-order valence-corrected chi connectivity index (χ1v) is 4.55. The minimum atomic E-state index is 0.777. The highest BCUT2D eigenvalue weighted by Gasteiger charge is 2.08. The molecule has 4 nitrogen and oxygen atoms in total. The van der Waals surface area contributed by atoms with Crippen LogP contribution in [0.5, 0.6) is 0 Å². The molecule has 1 aliphatic heterocycles. The molecule has 0 spiro atoms. The lowest BCUT2D eigenvalue weighted by atomic mass is 10.3. The quantitative estimate of drug-likeness (QED) is 0.593. The number of aliphatic imine (C=N–C) groups is 1. The van der Waals surface area contributed by atoms with E-state index in [4.69, 9.17) is 4.74 Å². The van der Waals surface area contributed by atoms with Crippen LogP contribution in [0.2, 0.25) is 0 Å². The van der Waals surface area contributed by atoms with E-state index < -0.39 is 0 Å². The van der Waals surface area contributed by atoms with Crippen LogP contribution in [0.4, 0.5) is 0 Å². The predicted octanol–water partition coefficient (Wildman–Crippen LogP) is 0.785. The first-order valence-electron chi connectivity index (χ1n) is 4.55. The van der Waals surface area contributed by atoms with Crippen molar-refractivity contribution in [2.24, 2.45) is 10.1 Å². The monoisotopic (exact) mass is 183 g/mol. The van der Waals surface area contributed by atoms with E-state index in [9.17, 15) is 0 Å². The van der Waals surface area contributed by atoms with Gasteiger partial charge in [0.1, 0.15) is 0 Å². The van der Waals surface area contributed by atoms with Gasteiger partial charge in [0.25, 0.3) is 0 Å². The number of ether oxygens (including phenoxy) is 1. The number of rotatable bonds is 2. The van der Waals surface area contributed by atoms with E-state index >= 15 is 0 Å². The van der Waals surface area contributed by atoms with E-state index in [1.165, 1.54) is 0 Å². The normalized spacial score (nSPS) is 20.7. The van der Waals surface area contributed by atoms with Crippen molar-refractivity contribution in [2.45, 2.75) is 13.8 Å². The maximum absolute atomic E-state index is 5.23. The molecule has 0 bridgehead atoms. The van der Waals surface area contributed by atoms with Crippen molar-refractivity contribution in [3.05, 3.63) is 0 Å². The predicted molar refractivity (Wildman–Crippen MR) is 54.5 cm³/mol. The maximum atomic E-state index is 5.23. The summed E-state index contributed by atoms with van der Waals surface area (Å²) in [5.74, 6) is 0. The second-order valence-electron chi connectivity index (χ2n) is 3.06. The number of nitrogens with zero attached hydrogens (tertiary/aromatic N) is 3. The van der Waals surface area contributed by atoms with Gasteiger partial charge in [-0.25, -0.2) is 0 Å². The number of hydrazone groups is 1. The van der Waals surface area contributed by atoms with Gasteiger partial charge in [0.15, 0.2) is 0 Å². The summed E-state index contributed by atoms with van der Waals surface area (Å²) in [5.41, 5.74) is 1.98. The highest BCUT2D eigenvalue weighted by atomic mass is 16.5. The molecule has 0 unspecified atom stereocenters. The zero-order valence-corrected chi connectivity index (χ0v) is 8.58. The van der Waals surface area contributed by atoms with Crippen LogP contribution in [0.1, 0.15) is 13.8 Å². The lowest BCUT2D eigenvalue weighted by molar-refractivity contribution is 0.0394. The first-order chi connectivity index (χ1) is 6.24. The molecule has 1 aliphatic rings. The van der Waals surface area contributed by atoms with Crippen molar-refractivity contribution in [3.8, 4) is 0 Å². The second-order valence-corrected chi connectivity index (χ2v) is 3.06. The number of hydrogen-bond donors (Lipinski definition) is 0. The molecule has 1 heterocycles. The van der Waals surface area contributed by atoms with Crippen LogP contribution < -0.4 is 0 Å². The van der Waals surface area contributed by atoms with E-state index in [0.717, 1.165) is 37.7 Å². The van der Waals surface area contributed by atoms with Crippen molar-refractivity contribution >= 4 is 11.4 Å². The molecule has 0 amide bonds. The fraction of sp³-hybridized carbons (Fsp3) is 0.778. The molecular formula is C9H17N3O. The lowest BCUT2D eigenvalue weighted by Crippen LogP contribution is -2.33. The van der Waals surface area contributed by atoms with Crippen LogP contribution in [-0.2, 0) is 4.74 Å². The van der Waals surface area contributed by atoms with Crippen LogP contribution in [0, 0.1) is 0 Å². The summed E-state index contributed by atoms with van der Waals surface area (Å²) in [6, 6.07) is 0. The van der Waals surface area contributed by atoms with Crippen molar-refractivity contribution in [1.29, 1.82) is 0 Å². The van der Waals surface area contributed by atoms with E-state index in [0.29, 0.717) is 0 Å². The average Bonchev–Trinajstić information content (AvgIpc) is 2.18. The molecule has 13 heavy (non-hydrogen) atoms. The standard InChI is InChI=1S/C9H17N3O/c1-8(10-3)9(2)11-12-4-6-13-7-5-12/h4-7H2,1-3H3/b10-8?,11-9+. The first kappa shape index (κ1) is 10.2. The molecule has 0 N–H and O–H groups in total. The van der Waals surface area contributed by atoms with Gasteiger partial charge >= 0.3 is 0 Å². The molecular weight excluding hydrogens is 166 g/mol. The average molecular weight is 183 g/mol. The molecule has 0 aromatic heterocycles. The Labute approximate surface area is 79.3 Å². The third-order valence-electron chi connectivity index (χ3n) is 2.14. The molecule has 4 heteroatoms. The Bertz CT molecular complexity index is 217. The summed E-state index contributed by atoms with van der Waals surface area (Å²) in [6.07, 6.45) is 0. The van der Waals surface area contributed by atoms with Crippen LogP contribution in [0.3, 0.4) is 0 Å². The highest BCUT2D eigenvalue weighted by molar-refractivity contribution is 6.40. The largest absolute Gasteiger partial charge is 0.378 e. The van der Waals surface area contributed by atoms with Gasteiger partial charge in [0.05, 0.1) is 37.7 Å². The summed E-state index contributed by atoms with van der Waals surface area (Å²) in [6.45, 7) is 7.28. The van der Waals surface area contributed by atoms with Gasteiger partial charge in [-0.05, 0) is 13.8 Å². The Hall–Kier alpha value is -0.900. The molecule has 0 aromatic rings. The van der Waals surface area contributed by atoms with E-state index in [-0.39, 0.29) is 0 Å². The molecule has 0 saturated carbocycles. The second kappa shape index (κ2) is 4.97. The number of morpholine rings is 1. The van der Waals surface area contributed by atoms with E-state index in [1.807, 2.05) is 18.9 Å². The molecule has 1 fully saturated rings. The van der Waals surface area contributed by atoms with Gasteiger partial charge in [-0.1, -0.05) is 0 Å². The molecule has 0 aromatic carbocycles. The van der Waals surface area contributed by atoms with Gasteiger partial charge in [-0.15, -0.1) is 0 Å². The zero-order valence-electron chi connectivity index (χ0n) is 8.58. The van der Waals surface area contributed by atoms with E-state index in [2.05, 4.69) is 10.1 Å². The molecule has 1 saturated heterocycles. The van der Waals surface area contributed by atoms with Crippen molar-refractivity contribution < 1.29 is 4.74 Å². The molecule has 0 radical (unpaired) electrons. The smallest absolute Gasteiger partial charge is 0.0781 e. The Morgan fingerprint density at radius 1 is 1.15 bits per heavy atom. The topological polar surface area (TPSA) is 37.2 Å². The molecule has 1 rings (SSSR count). The van der Waals surface area contributed by atoms with E-state index in [1.54, 1.807) is 7.05 Å². The van der Waals surface area contributed by atoms with Crippen LogP contribution in [-0.4, -0.2) is 49.8 Å². The molecule has 0 aliphatic carbocycles. The highest BCUT2D eigenvalue weighted by Crippen LogP contribution is 1.98.